The smallest absolute Gasteiger partial charge is 0.318 e. The Kier molecular flexibility index (Phi) is 2.04. The maximum Gasteiger partial charge on any atom is 0.365 e. The number of hydrogen-bond donors (Lipinski definition) is 0. The van der Waals surface area contributed by atoms with E-state index in [1.165, 1.54) is 17.6 Å². The van der Waals surface area contributed by atoms with Crippen LogP contribution >= 0.6 is 0 Å². The summed E-state index contributed by atoms with van der Waals surface area (Å²) in [7, 11) is -3.57. The van der Waals surface area contributed by atoms with Crippen LogP contribution in [0.4, 0.5) is 0 Å². The van der Waals surface area contributed by atoms with Gasteiger partial charge in [0.05, 0.1) is 0 Å². The van der Waals surface area contributed by atoms with Crippen molar-refractivity contribution in [3.8, 4) is 0 Å². The normalized spacial score (nSPS) is 20.2. The van der Waals surface area contributed by atoms with Gasteiger partial charge in [-0.2, -0.15) is 8.42 Å². The van der Waals surface area contributed by atoms with Crippen LogP contribution in [0.1, 0.15) is 0 Å². The van der Waals surface area contributed by atoms with Gasteiger partial charge in [-0.25, -0.2) is 0 Å². The Hall–Kier alpha value is -1.17. The molecule has 6 heteroatoms. The van der Waals surface area contributed by atoms with Crippen LogP contribution in [-0.2, 0) is 10.2 Å². The molecular formula is C5H7N3O2S. The van der Waals surface area contributed by atoms with Gasteiger partial charge in [0.2, 0.25) is 0 Å². The molecule has 60 valence electrons. The van der Waals surface area contributed by atoms with Gasteiger partial charge in [0.25, 0.3) is 0 Å². The van der Waals surface area contributed by atoms with E-state index in [0.29, 0.717) is 6.54 Å². The average molecular weight is 173 g/mol. The highest BCUT2D eigenvalue weighted by Crippen LogP contribution is 1.98. The lowest BCUT2D eigenvalue weighted by Gasteiger charge is -2.11. The molecular weight excluding hydrogens is 166 g/mol. The quantitative estimate of drug-likeness (QED) is 0.543. The molecule has 0 amide bonds. The monoisotopic (exact) mass is 173 g/mol. The van der Waals surface area contributed by atoms with E-state index in [9.17, 15) is 8.42 Å². The van der Waals surface area contributed by atoms with E-state index in [-0.39, 0.29) is 0 Å². The molecule has 0 N–H and O–H groups in total. The van der Waals surface area contributed by atoms with Gasteiger partial charge in [-0.3, -0.25) is 0 Å². The van der Waals surface area contributed by atoms with Crippen molar-refractivity contribution < 1.29 is 8.42 Å². The first kappa shape index (κ1) is 7.93. The molecule has 11 heavy (non-hydrogen) atoms. The molecule has 1 aliphatic heterocycles. The van der Waals surface area contributed by atoms with E-state index in [1.807, 2.05) is 0 Å². The first-order valence-electron chi connectivity index (χ1n) is 2.86. The average Bonchev–Trinajstić information content (AvgIpc) is 1.94. The van der Waals surface area contributed by atoms with Crippen molar-refractivity contribution in [1.82, 2.24) is 4.90 Å². The molecule has 0 aromatic carbocycles. The lowest BCUT2D eigenvalue weighted by molar-refractivity contribution is 0.595. The van der Waals surface area contributed by atoms with E-state index >= 15 is 0 Å². The Morgan fingerprint density at radius 3 is 2.45 bits per heavy atom. The topological polar surface area (TPSA) is 62.1 Å². The Morgan fingerprint density at radius 1 is 1.45 bits per heavy atom. The maximum atomic E-state index is 10.6. The molecule has 0 spiro atoms. The number of hydrogen-bond acceptors (Lipinski definition) is 3. The van der Waals surface area contributed by atoms with E-state index in [4.69, 9.17) is 0 Å². The van der Waals surface area contributed by atoms with Crippen LogP contribution < -0.4 is 0 Å². The van der Waals surface area contributed by atoms with Crippen LogP contribution in [0.5, 0.6) is 0 Å². The Balaban J connectivity index is 2.72. The van der Waals surface area contributed by atoms with Crippen molar-refractivity contribution >= 4 is 22.9 Å². The molecule has 0 saturated heterocycles. The largest absolute Gasteiger partial charge is 0.365 e. The van der Waals surface area contributed by atoms with E-state index < -0.39 is 10.2 Å². The summed E-state index contributed by atoms with van der Waals surface area (Å²) in [6.45, 7) is 3.98. The van der Waals surface area contributed by atoms with Crippen molar-refractivity contribution in [2.75, 3.05) is 6.54 Å². The van der Waals surface area contributed by atoms with Gasteiger partial charge in [-0.1, -0.05) is 6.08 Å². The van der Waals surface area contributed by atoms with Crippen molar-refractivity contribution in [1.29, 1.82) is 0 Å². The Morgan fingerprint density at radius 2 is 2.00 bits per heavy atom. The van der Waals surface area contributed by atoms with Gasteiger partial charge in [-0.05, 0) is 0 Å². The fraction of sp³-hybridized carbons (Fsp3) is 0.200. The predicted molar refractivity (Wildman–Crippen MR) is 42.8 cm³/mol. The highest BCUT2D eigenvalue weighted by Gasteiger charge is 2.08. The fourth-order valence-corrected chi connectivity index (χ4v) is 1.08. The van der Waals surface area contributed by atoms with Gasteiger partial charge < -0.3 is 4.90 Å². The Bertz CT molecular complexity index is 284. The second-order valence-electron chi connectivity index (χ2n) is 1.88. The third-order valence-electron chi connectivity index (χ3n) is 0.997. The minimum Gasteiger partial charge on any atom is -0.318 e. The summed E-state index contributed by atoms with van der Waals surface area (Å²) in [5.74, 6) is 0. The summed E-state index contributed by atoms with van der Waals surface area (Å²) in [4.78, 5) is 1.51. The van der Waals surface area contributed by atoms with Crippen LogP contribution in [0.2, 0.25) is 0 Å². The highest BCUT2D eigenvalue weighted by atomic mass is 32.2. The molecule has 0 saturated carbocycles. The highest BCUT2D eigenvalue weighted by molar-refractivity contribution is 7.89. The van der Waals surface area contributed by atoms with Gasteiger partial charge in [0, 0.05) is 6.54 Å². The summed E-state index contributed by atoms with van der Waals surface area (Å²) in [6.07, 6.45) is 4.02. The molecule has 0 radical (unpaired) electrons. The summed E-state index contributed by atoms with van der Waals surface area (Å²) in [5, 5.41) is 0. The van der Waals surface area contributed by atoms with Crippen LogP contribution in [0.15, 0.2) is 21.5 Å². The molecule has 1 aliphatic rings. The third kappa shape index (κ3) is 2.15. The standard InChI is InChI=1S/C5H7N3O2S/c1-2-3-8-4-6-11(9,10)7-5-8/h2,4-5H,1,3H2. The third-order valence-corrected chi connectivity index (χ3v) is 1.72. The predicted octanol–water partition coefficient (Wildman–Crippen LogP) is -0.211. The zero-order valence-electron chi connectivity index (χ0n) is 5.71. The van der Waals surface area contributed by atoms with Gasteiger partial charge >= 0.3 is 10.2 Å². The van der Waals surface area contributed by atoms with Crippen LogP contribution in [-0.4, -0.2) is 32.5 Å². The molecule has 0 aromatic rings. The summed E-state index contributed by atoms with van der Waals surface area (Å²) in [5.41, 5.74) is 0. The van der Waals surface area contributed by atoms with E-state index in [2.05, 4.69) is 15.4 Å². The molecule has 0 bridgehead atoms. The van der Waals surface area contributed by atoms with E-state index in [0.717, 1.165) is 0 Å². The van der Waals surface area contributed by atoms with Crippen molar-refractivity contribution in [2.24, 2.45) is 8.80 Å². The second-order valence-corrected chi connectivity index (χ2v) is 3.19. The van der Waals surface area contributed by atoms with Crippen molar-refractivity contribution in [3.05, 3.63) is 12.7 Å². The lowest BCUT2D eigenvalue weighted by atomic mass is 10.6. The second kappa shape index (κ2) is 2.83. The molecule has 0 aliphatic carbocycles. The summed E-state index contributed by atoms with van der Waals surface area (Å²) >= 11 is 0. The molecule has 0 fully saturated rings. The van der Waals surface area contributed by atoms with E-state index in [1.54, 1.807) is 6.08 Å². The molecule has 1 rings (SSSR count). The SMILES string of the molecule is C=CCN1C=NS(=O)(=O)N=C1. The zero-order valence-corrected chi connectivity index (χ0v) is 6.53. The van der Waals surface area contributed by atoms with Crippen LogP contribution in [0.3, 0.4) is 0 Å². The minimum absolute atomic E-state index is 0.502. The molecule has 0 unspecified atom stereocenters. The minimum atomic E-state index is -3.57. The molecule has 1 heterocycles. The first-order chi connectivity index (χ1) is 5.14. The van der Waals surface area contributed by atoms with Gasteiger partial charge in [0.15, 0.2) is 0 Å². The Labute approximate surface area is 65.0 Å². The fourth-order valence-electron chi connectivity index (χ4n) is 0.541. The lowest BCUT2D eigenvalue weighted by Crippen LogP contribution is -2.24. The molecule has 0 atom stereocenters. The van der Waals surface area contributed by atoms with Gasteiger partial charge in [0.1, 0.15) is 12.7 Å². The number of nitrogens with zero attached hydrogens (tertiary/aromatic N) is 3. The number of rotatable bonds is 2. The van der Waals surface area contributed by atoms with Crippen LogP contribution in [0, 0.1) is 0 Å². The van der Waals surface area contributed by atoms with Crippen molar-refractivity contribution in [2.45, 2.75) is 0 Å². The van der Waals surface area contributed by atoms with Crippen molar-refractivity contribution in [3.63, 3.8) is 0 Å². The molecule has 0 aromatic heterocycles. The summed E-state index contributed by atoms with van der Waals surface area (Å²) in [6, 6.07) is 0. The maximum absolute atomic E-state index is 10.6. The first-order valence-corrected chi connectivity index (χ1v) is 4.26. The van der Waals surface area contributed by atoms with Gasteiger partial charge in [-0.15, -0.1) is 15.4 Å². The van der Waals surface area contributed by atoms with Crippen LogP contribution in [0.25, 0.3) is 0 Å². The summed E-state index contributed by atoms with van der Waals surface area (Å²) < 4.78 is 27.5. The molecule has 5 nitrogen and oxygen atoms in total. The zero-order chi connectivity index (χ0) is 8.32.